The molecule has 2 aliphatic rings. The zero-order valence-electron chi connectivity index (χ0n) is 16.5. The number of anilines is 3. The van der Waals surface area contributed by atoms with Crippen LogP contribution in [-0.4, -0.2) is 56.9 Å². The summed E-state index contributed by atoms with van der Waals surface area (Å²) in [7, 11) is 0. The van der Waals surface area contributed by atoms with Gasteiger partial charge in [-0.25, -0.2) is 0 Å². The fraction of sp³-hybridized carbons (Fsp3) is 0.318. The number of ketones is 1. The Kier molecular flexibility index (Phi) is 5.31. The summed E-state index contributed by atoms with van der Waals surface area (Å²) in [4.78, 5) is 41.4. The molecule has 0 spiro atoms. The average molecular weight is 393 g/mol. The Morgan fingerprint density at radius 2 is 1.72 bits per heavy atom. The second-order valence-corrected chi connectivity index (χ2v) is 7.56. The molecule has 0 aliphatic carbocycles. The van der Waals surface area contributed by atoms with Crippen LogP contribution in [0.1, 0.15) is 17.3 Å². The lowest BCUT2D eigenvalue weighted by molar-refractivity contribution is -0.892. The molecule has 0 saturated carbocycles. The van der Waals surface area contributed by atoms with E-state index in [0.29, 0.717) is 12.2 Å². The van der Waals surface area contributed by atoms with Gasteiger partial charge in [0.15, 0.2) is 12.3 Å². The third-order valence-corrected chi connectivity index (χ3v) is 5.58. The molecule has 0 radical (unpaired) electrons. The SMILES string of the molecule is CC(=O)c1ccc(N2CC[NH+](CC(=O)N3CC(=O)Nc4ccccc43)CC2)cc1. The molecule has 0 atom stereocenters. The summed E-state index contributed by atoms with van der Waals surface area (Å²) in [6.45, 7) is 5.40. The number of fused-ring (bicyclic) bond motifs is 1. The summed E-state index contributed by atoms with van der Waals surface area (Å²) >= 11 is 0. The lowest BCUT2D eigenvalue weighted by Gasteiger charge is -2.35. The molecule has 0 aromatic heterocycles. The minimum absolute atomic E-state index is 0.0263. The van der Waals surface area contributed by atoms with Gasteiger partial charge < -0.3 is 15.1 Å². The van der Waals surface area contributed by atoms with E-state index in [1.54, 1.807) is 11.8 Å². The number of benzene rings is 2. The summed E-state index contributed by atoms with van der Waals surface area (Å²) in [5.41, 5.74) is 3.27. The number of amides is 2. The summed E-state index contributed by atoms with van der Waals surface area (Å²) in [6.07, 6.45) is 0. The molecule has 0 unspecified atom stereocenters. The molecule has 7 nitrogen and oxygen atoms in total. The molecule has 2 aliphatic heterocycles. The Labute approximate surface area is 169 Å². The topological polar surface area (TPSA) is 74.2 Å². The number of para-hydroxylation sites is 2. The van der Waals surface area contributed by atoms with Gasteiger partial charge in [-0.1, -0.05) is 12.1 Å². The van der Waals surface area contributed by atoms with Crippen molar-refractivity contribution in [3.05, 3.63) is 54.1 Å². The van der Waals surface area contributed by atoms with Crippen LogP contribution in [-0.2, 0) is 9.59 Å². The van der Waals surface area contributed by atoms with Gasteiger partial charge in [0, 0.05) is 11.3 Å². The molecule has 150 valence electrons. The predicted molar refractivity (Wildman–Crippen MR) is 112 cm³/mol. The Hall–Kier alpha value is -3.19. The van der Waals surface area contributed by atoms with Crippen molar-refractivity contribution < 1.29 is 19.3 Å². The fourth-order valence-corrected chi connectivity index (χ4v) is 3.93. The van der Waals surface area contributed by atoms with Crippen LogP contribution in [0.3, 0.4) is 0 Å². The van der Waals surface area contributed by atoms with Gasteiger partial charge in [0.2, 0.25) is 5.91 Å². The molecule has 0 bridgehead atoms. The van der Waals surface area contributed by atoms with Crippen LogP contribution in [0.25, 0.3) is 0 Å². The number of quaternary nitrogens is 1. The van der Waals surface area contributed by atoms with Crippen molar-refractivity contribution >= 4 is 34.7 Å². The average Bonchev–Trinajstić information content (AvgIpc) is 2.73. The zero-order valence-corrected chi connectivity index (χ0v) is 16.5. The third-order valence-electron chi connectivity index (χ3n) is 5.58. The number of hydrogen-bond donors (Lipinski definition) is 2. The molecule has 7 heteroatoms. The molecular formula is C22H25N4O3+. The van der Waals surface area contributed by atoms with E-state index in [1.165, 1.54) is 4.90 Å². The van der Waals surface area contributed by atoms with Crippen LogP contribution >= 0.6 is 0 Å². The van der Waals surface area contributed by atoms with Crippen LogP contribution < -0.4 is 20.0 Å². The van der Waals surface area contributed by atoms with Gasteiger partial charge in [-0.15, -0.1) is 0 Å². The van der Waals surface area contributed by atoms with E-state index in [0.717, 1.165) is 43.1 Å². The normalized spacial score (nSPS) is 16.9. The van der Waals surface area contributed by atoms with E-state index in [1.807, 2.05) is 48.5 Å². The molecule has 4 rings (SSSR count). The summed E-state index contributed by atoms with van der Waals surface area (Å²) in [5.74, 6) is -0.121. The monoisotopic (exact) mass is 393 g/mol. The molecule has 2 heterocycles. The van der Waals surface area contributed by atoms with Gasteiger partial charge in [0.05, 0.1) is 37.6 Å². The second kappa shape index (κ2) is 8.05. The molecule has 1 fully saturated rings. The number of carbonyl (C=O) groups is 3. The highest BCUT2D eigenvalue weighted by molar-refractivity contribution is 6.10. The van der Waals surface area contributed by atoms with E-state index in [9.17, 15) is 14.4 Å². The lowest BCUT2D eigenvalue weighted by Crippen LogP contribution is -3.16. The summed E-state index contributed by atoms with van der Waals surface area (Å²) in [5, 5.41) is 2.82. The van der Waals surface area contributed by atoms with Gasteiger partial charge in [-0.2, -0.15) is 0 Å². The van der Waals surface area contributed by atoms with E-state index in [4.69, 9.17) is 0 Å². The number of carbonyl (C=O) groups excluding carboxylic acids is 3. The van der Waals surface area contributed by atoms with Gasteiger partial charge in [-0.3, -0.25) is 19.3 Å². The standard InChI is InChI=1S/C22H24N4O3/c1-16(27)17-6-8-18(9-7-17)25-12-10-24(11-13-25)15-22(29)26-14-21(28)23-19-4-2-3-5-20(19)26/h2-9H,10-15H2,1H3,(H,23,28)/p+1. The van der Waals surface area contributed by atoms with E-state index in [-0.39, 0.29) is 24.1 Å². The summed E-state index contributed by atoms with van der Waals surface area (Å²) < 4.78 is 0. The molecule has 2 aromatic rings. The number of hydrogen-bond acceptors (Lipinski definition) is 4. The van der Waals surface area contributed by atoms with E-state index >= 15 is 0 Å². The van der Waals surface area contributed by atoms with Crippen molar-refractivity contribution in [1.82, 2.24) is 0 Å². The Balaban J connectivity index is 1.36. The maximum Gasteiger partial charge on any atom is 0.282 e. The quantitative estimate of drug-likeness (QED) is 0.746. The van der Waals surface area contributed by atoms with Crippen LogP contribution in [0.5, 0.6) is 0 Å². The molecule has 29 heavy (non-hydrogen) atoms. The smallest absolute Gasteiger partial charge is 0.282 e. The highest BCUT2D eigenvalue weighted by Crippen LogP contribution is 2.28. The first-order valence-corrected chi connectivity index (χ1v) is 9.90. The van der Waals surface area contributed by atoms with Crippen LogP contribution in [0.15, 0.2) is 48.5 Å². The number of nitrogens with zero attached hydrogens (tertiary/aromatic N) is 2. The highest BCUT2D eigenvalue weighted by Gasteiger charge is 2.30. The van der Waals surface area contributed by atoms with Crippen LogP contribution in [0, 0.1) is 0 Å². The zero-order chi connectivity index (χ0) is 20.4. The van der Waals surface area contributed by atoms with Crippen molar-refractivity contribution in [2.75, 3.05) is 54.4 Å². The first-order valence-electron chi connectivity index (χ1n) is 9.90. The van der Waals surface area contributed by atoms with Crippen LogP contribution in [0.4, 0.5) is 17.1 Å². The Bertz CT molecular complexity index is 933. The molecular weight excluding hydrogens is 368 g/mol. The summed E-state index contributed by atoms with van der Waals surface area (Å²) in [6, 6.07) is 15.1. The maximum atomic E-state index is 12.9. The number of piperazine rings is 1. The largest absolute Gasteiger partial charge is 0.360 e. The Morgan fingerprint density at radius 1 is 1.03 bits per heavy atom. The molecule has 2 N–H and O–H groups in total. The molecule has 1 saturated heterocycles. The third kappa shape index (κ3) is 4.14. The number of nitrogens with one attached hydrogen (secondary N) is 2. The maximum absolute atomic E-state index is 12.9. The molecule has 2 aromatic carbocycles. The van der Waals surface area contributed by atoms with Crippen molar-refractivity contribution in [1.29, 1.82) is 0 Å². The van der Waals surface area contributed by atoms with E-state index < -0.39 is 0 Å². The van der Waals surface area contributed by atoms with Gasteiger partial charge >= 0.3 is 0 Å². The predicted octanol–water partition coefficient (Wildman–Crippen LogP) is 0.579. The second-order valence-electron chi connectivity index (χ2n) is 7.56. The van der Waals surface area contributed by atoms with Gasteiger partial charge in [-0.05, 0) is 43.3 Å². The highest BCUT2D eigenvalue weighted by atomic mass is 16.2. The van der Waals surface area contributed by atoms with E-state index in [2.05, 4.69) is 10.2 Å². The van der Waals surface area contributed by atoms with Gasteiger partial charge in [0.25, 0.3) is 5.91 Å². The first kappa shape index (κ1) is 19.1. The fourth-order valence-electron chi connectivity index (χ4n) is 3.93. The minimum Gasteiger partial charge on any atom is -0.360 e. The van der Waals surface area contributed by atoms with Crippen molar-refractivity contribution in [2.45, 2.75) is 6.92 Å². The van der Waals surface area contributed by atoms with Crippen molar-refractivity contribution in [2.24, 2.45) is 0 Å². The van der Waals surface area contributed by atoms with Crippen molar-refractivity contribution in [3.8, 4) is 0 Å². The first-order chi connectivity index (χ1) is 14.0. The minimum atomic E-state index is -0.161. The number of Topliss-reactive ketones (excluding diaryl/α,β-unsaturated/α-hetero) is 1. The number of rotatable bonds is 4. The van der Waals surface area contributed by atoms with Gasteiger partial charge in [0.1, 0.15) is 6.54 Å². The van der Waals surface area contributed by atoms with Crippen LogP contribution in [0.2, 0.25) is 0 Å². The molecule has 2 amide bonds. The Morgan fingerprint density at radius 3 is 2.41 bits per heavy atom. The van der Waals surface area contributed by atoms with Crippen molar-refractivity contribution in [3.63, 3.8) is 0 Å². The lowest BCUT2D eigenvalue weighted by atomic mass is 10.1.